The maximum Gasteiger partial charge on any atom is 0.309 e. The van der Waals surface area contributed by atoms with Gasteiger partial charge in [-0.1, -0.05) is 23.8 Å². The number of benzene rings is 1. The van der Waals surface area contributed by atoms with E-state index in [4.69, 9.17) is 0 Å². The second kappa shape index (κ2) is 10.9. The molecule has 0 aromatic heterocycles. The summed E-state index contributed by atoms with van der Waals surface area (Å²) in [6, 6.07) is 8.23. The monoisotopic (exact) mass is 386 g/mol. The van der Waals surface area contributed by atoms with Crippen molar-refractivity contribution in [3.8, 4) is 0 Å². The minimum absolute atomic E-state index is 0.000330. The molecule has 0 saturated heterocycles. The number of likely N-dealkylation sites (N-methyl/N-ethyl adjacent to an activating group) is 1. The number of carbonyl (C=O) groups is 2. The summed E-state index contributed by atoms with van der Waals surface area (Å²) in [4.78, 5) is 28.3. The highest BCUT2D eigenvalue weighted by atomic mass is 16.2. The Morgan fingerprint density at radius 3 is 2.25 bits per heavy atom. The van der Waals surface area contributed by atoms with Crippen molar-refractivity contribution >= 4 is 17.5 Å². The topological polar surface area (TPSA) is 64.7 Å². The molecule has 1 atom stereocenters. The quantitative estimate of drug-likeness (QED) is 0.532. The van der Waals surface area contributed by atoms with Crippen molar-refractivity contribution in [1.82, 2.24) is 15.5 Å². The molecule has 0 saturated carbocycles. The Morgan fingerprint density at radius 1 is 1.00 bits per heavy atom. The number of rotatable bonds is 8. The highest BCUT2D eigenvalue weighted by molar-refractivity contribution is 6.35. The Balaban J connectivity index is 1.82. The van der Waals surface area contributed by atoms with E-state index in [2.05, 4.69) is 41.0 Å². The fourth-order valence-electron chi connectivity index (χ4n) is 3.41. The number of nitrogens with one attached hydrogen (secondary N) is 2. The zero-order chi connectivity index (χ0) is 20.5. The fourth-order valence-corrected chi connectivity index (χ4v) is 3.41. The van der Waals surface area contributed by atoms with Gasteiger partial charge in [0.05, 0.1) is 6.04 Å². The van der Waals surface area contributed by atoms with E-state index in [1.807, 2.05) is 38.0 Å². The summed E-state index contributed by atoms with van der Waals surface area (Å²) >= 11 is 0. The van der Waals surface area contributed by atoms with Crippen LogP contribution in [-0.4, -0.2) is 58.0 Å². The number of nitrogens with zero attached hydrogens (tertiary/aromatic N) is 2. The van der Waals surface area contributed by atoms with Gasteiger partial charge in [0, 0.05) is 32.9 Å². The largest absolute Gasteiger partial charge is 0.378 e. The number of carbonyl (C=O) groups excluding carboxylic acids is 2. The van der Waals surface area contributed by atoms with E-state index < -0.39 is 11.8 Å². The lowest BCUT2D eigenvalue weighted by Gasteiger charge is -2.25. The molecule has 6 nitrogen and oxygen atoms in total. The normalized spacial score (nSPS) is 15.0. The predicted molar refractivity (Wildman–Crippen MR) is 114 cm³/mol. The van der Waals surface area contributed by atoms with Gasteiger partial charge in [-0.25, -0.2) is 0 Å². The van der Waals surface area contributed by atoms with Gasteiger partial charge in [0.2, 0.25) is 0 Å². The van der Waals surface area contributed by atoms with E-state index in [1.54, 1.807) is 0 Å². The van der Waals surface area contributed by atoms with E-state index >= 15 is 0 Å². The predicted octanol–water partition coefficient (Wildman–Crippen LogP) is 2.48. The van der Waals surface area contributed by atoms with Crippen LogP contribution in [-0.2, 0) is 9.59 Å². The first-order valence-corrected chi connectivity index (χ1v) is 10.1. The molecule has 2 amide bonds. The van der Waals surface area contributed by atoms with Crippen LogP contribution in [0, 0.1) is 0 Å². The number of amides is 2. The second-order valence-electron chi connectivity index (χ2n) is 7.79. The number of hydrogen-bond acceptors (Lipinski definition) is 4. The molecule has 0 bridgehead atoms. The van der Waals surface area contributed by atoms with E-state index in [-0.39, 0.29) is 6.04 Å². The van der Waals surface area contributed by atoms with Gasteiger partial charge in [0.15, 0.2) is 0 Å². The minimum atomic E-state index is -0.575. The molecule has 0 radical (unpaired) electrons. The SMILES string of the molecule is CN(C)c1ccc([C@@H](CNC(=O)C(=O)NCCC2=CCCCC2)N(C)C)cc1. The second-order valence-corrected chi connectivity index (χ2v) is 7.79. The molecule has 154 valence electrons. The van der Waals surface area contributed by atoms with Crippen LogP contribution in [0.15, 0.2) is 35.9 Å². The molecule has 2 N–H and O–H groups in total. The van der Waals surface area contributed by atoms with Crippen LogP contribution in [0.3, 0.4) is 0 Å². The van der Waals surface area contributed by atoms with Crippen LogP contribution < -0.4 is 15.5 Å². The van der Waals surface area contributed by atoms with Crippen LogP contribution in [0.5, 0.6) is 0 Å². The molecular weight excluding hydrogens is 352 g/mol. The zero-order valence-corrected chi connectivity index (χ0v) is 17.6. The minimum Gasteiger partial charge on any atom is -0.378 e. The van der Waals surface area contributed by atoms with Crippen LogP contribution >= 0.6 is 0 Å². The molecule has 28 heavy (non-hydrogen) atoms. The molecular formula is C22H34N4O2. The van der Waals surface area contributed by atoms with E-state index in [1.165, 1.54) is 18.4 Å². The standard InChI is InChI=1S/C22H34N4O2/c1-25(2)19-12-10-18(11-13-19)20(26(3)4)16-24-22(28)21(27)23-15-14-17-8-6-5-7-9-17/h8,10-13,20H,5-7,9,14-16H2,1-4H3,(H,23,27)(H,24,28)/t20-/m1/s1. The van der Waals surface area contributed by atoms with Crippen LogP contribution in [0.1, 0.15) is 43.7 Å². The first kappa shape index (κ1) is 22.0. The highest BCUT2D eigenvalue weighted by Crippen LogP contribution is 2.21. The van der Waals surface area contributed by atoms with Crippen LogP contribution in [0.25, 0.3) is 0 Å². The lowest BCUT2D eigenvalue weighted by molar-refractivity contribution is -0.139. The van der Waals surface area contributed by atoms with E-state index in [9.17, 15) is 9.59 Å². The van der Waals surface area contributed by atoms with Crippen molar-refractivity contribution in [2.75, 3.05) is 46.2 Å². The van der Waals surface area contributed by atoms with Crippen molar-refractivity contribution < 1.29 is 9.59 Å². The molecule has 0 heterocycles. The molecule has 0 unspecified atom stereocenters. The van der Waals surface area contributed by atoms with Crippen LogP contribution in [0.4, 0.5) is 5.69 Å². The van der Waals surface area contributed by atoms with Crippen molar-refractivity contribution in [1.29, 1.82) is 0 Å². The van der Waals surface area contributed by atoms with E-state index in [0.29, 0.717) is 13.1 Å². The van der Waals surface area contributed by atoms with Gasteiger partial charge in [-0.3, -0.25) is 9.59 Å². The summed E-state index contributed by atoms with van der Waals surface area (Å²) in [5.41, 5.74) is 3.61. The average Bonchev–Trinajstić information content (AvgIpc) is 2.68. The zero-order valence-electron chi connectivity index (χ0n) is 17.6. The fraction of sp³-hybridized carbons (Fsp3) is 0.545. The third kappa shape index (κ3) is 6.68. The molecule has 2 rings (SSSR count). The average molecular weight is 387 g/mol. The summed E-state index contributed by atoms with van der Waals surface area (Å²) in [6.45, 7) is 0.896. The van der Waals surface area contributed by atoms with Gasteiger partial charge in [-0.15, -0.1) is 0 Å². The van der Waals surface area contributed by atoms with E-state index in [0.717, 1.165) is 30.5 Å². The van der Waals surface area contributed by atoms with Gasteiger partial charge in [0.25, 0.3) is 0 Å². The molecule has 0 spiro atoms. The Hall–Kier alpha value is -2.34. The summed E-state index contributed by atoms with van der Waals surface area (Å²) in [7, 11) is 7.94. The van der Waals surface area contributed by atoms with Gasteiger partial charge in [-0.2, -0.15) is 0 Å². The van der Waals surface area contributed by atoms with Crippen LogP contribution in [0.2, 0.25) is 0 Å². The third-order valence-electron chi connectivity index (χ3n) is 5.20. The van der Waals surface area contributed by atoms with Crippen molar-refractivity contribution in [2.45, 2.75) is 38.1 Å². The van der Waals surface area contributed by atoms with Crippen molar-refractivity contribution in [3.63, 3.8) is 0 Å². The Morgan fingerprint density at radius 2 is 1.68 bits per heavy atom. The Labute approximate surface area is 169 Å². The highest BCUT2D eigenvalue weighted by Gasteiger charge is 2.19. The van der Waals surface area contributed by atoms with Gasteiger partial charge >= 0.3 is 11.8 Å². The number of allylic oxidation sites excluding steroid dienone is 1. The summed E-state index contributed by atoms with van der Waals surface area (Å²) < 4.78 is 0. The Bertz CT molecular complexity index is 680. The molecule has 6 heteroatoms. The van der Waals surface area contributed by atoms with Gasteiger partial charge < -0.3 is 20.4 Å². The maximum absolute atomic E-state index is 12.2. The van der Waals surface area contributed by atoms with Gasteiger partial charge in [0.1, 0.15) is 0 Å². The first-order valence-electron chi connectivity index (χ1n) is 10.1. The van der Waals surface area contributed by atoms with Gasteiger partial charge in [-0.05, 0) is 63.9 Å². The summed E-state index contributed by atoms with van der Waals surface area (Å²) in [5, 5.41) is 5.50. The molecule has 1 aliphatic rings. The molecule has 1 aromatic carbocycles. The van der Waals surface area contributed by atoms with Crippen molar-refractivity contribution in [3.05, 3.63) is 41.5 Å². The third-order valence-corrected chi connectivity index (χ3v) is 5.20. The summed E-state index contributed by atoms with van der Waals surface area (Å²) in [5.74, 6) is -1.13. The number of anilines is 1. The molecule has 0 fully saturated rings. The Kier molecular flexibility index (Phi) is 8.51. The lowest BCUT2D eigenvalue weighted by Crippen LogP contribution is -2.43. The number of hydrogen-bond donors (Lipinski definition) is 2. The smallest absolute Gasteiger partial charge is 0.309 e. The maximum atomic E-state index is 12.2. The molecule has 1 aliphatic carbocycles. The lowest BCUT2D eigenvalue weighted by atomic mass is 9.97. The summed E-state index contributed by atoms with van der Waals surface area (Å²) in [6.07, 6.45) is 7.81. The first-order chi connectivity index (χ1) is 13.4. The molecule has 1 aromatic rings. The molecule has 0 aliphatic heterocycles. The van der Waals surface area contributed by atoms with Crippen molar-refractivity contribution in [2.24, 2.45) is 0 Å².